The largest absolute Gasteiger partial charge is 0.399 e. The molecular weight excluding hydrogens is 238 g/mol. The topological polar surface area (TPSA) is 26.0 Å². The molecule has 100 valence electrons. The van der Waals surface area contributed by atoms with Crippen LogP contribution in [0.25, 0.3) is 0 Å². The van der Waals surface area contributed by atoms with Crippen LogP contribution in [0.4, 0.5) is 0 Å². The number of hydrogen-bond acceptors (Lipinski definition) is 2. The molecule has 2 N–H and O–H groups in total. The molecule has 2 heteroatoms. The van der Waals surface area contributed by atoms with E-state index in [1.807, 2.05) is 13.0 Å². The average Bonchev–Trinajstić information content (AvgIpc) is 2.46. The van der Waals surface area contributed by atoms with Gasteiger partial charge < -0.3 is 5.73 Å². The first-order valence-electron chi connectivity index (χ1n) is 6.65. The fraction of sp³-hybridized carbons (Fsp3) is 0.500. The Kier molecular flexibility index (Phi) is 5.33. The SMILES string of the molecule is C/C=C(\N)C1=CC(C)(S)C=C(CC(C)CC)C=C1. The summed E-state index contributed by atoms with van der Waals surface area (Å²) in [5, 5.41) is 0. The molecule has 1 aliphatic carbocycles. The Balaban J connectivity index is 2.99. The van der Waals surface area contributed by atoms with Crippen molar-refractivity contribution in [1.82, 2.24) is 0 Å². The average molecular weight is 263 g/mol. The molecule has 0 aromatic rings. The van der Waals surface area contributed by atoms with Crippen LogP contribution in [0.5, 0.6) is 0 Å². The molecule has 0 fully saturated rings. The highest BCUT2D eigenvalue weighted by Gasteiger charge is 2.18. The van der Waals surface area contributed by atoms with Gasteiger partial charge in [-0.15, -0.1) is 0 Å². The minimum Gasteiger partial charge on any atom is -0.399 e. The standard InChI is InChI=1S/C16H25NS/c1-5-12(3)9-13-7-8-14(15(17)6-2)11-16(4,18)10-13/h6-8,10-12,18H,5,9,17H2,1-4H3/b15-6-. The van der Waals surface area contributed by atoms with E-state index >= 15 is 0 Å². The van der Waals surface area contributed by atoms with E-state index in [0.29, 0.717) is 5.92 Å². The quantitative estimate of drug-likeness (QED) is 0.723. The Morgan fingerprint density at radius 2 is 2.11 bits per heavy atom. The van der Waals surface area contributed by atoms with Crippen LogP contribution in [0.3, 0.4) is 0 Å². The maximum Gasteiger partial charge on any atom is 0.0475 e. The molecule has 2 atom stereocenters. The Labute approximate surface area is 117 Å². The van der Waals surface area contributed by atoms with E-state index in [-0.39, 0.29) is 4.75 Å². The van der Waals surface area contributed by atoms with Crippen molar-refractivity contribution in [1.29, 1.82) is 0 Å². The molecule has 0 amide bonds. The summed E-state index contributed by atoms with van der Waals surface area (Å²) in [7, 11) is 0. The van der Waals surface area contributed by atoms with Crippen molar-refractivity contribution in [3.05, 3.63) is 47.2 Å². The highest BCUT2D eigenvalue weighted by Crippen LogP contribution is 2.29. The van der Waals surface area contributed by atoms with E-state index in [4.69, 9.17) is 18.4 Å². The van der Waals surface area contributed by atoms with E-state index in [9.17, 15) is 0 Å². The van der Waals surface area contributed by atoms with Gasteiger partial charge in [0.15, 0.2) is 0 Å². The van der Waals surface area contributed by atoms with Crippen LogP contribution < -0.4 is 5.73 Å². The van der Waals surface area contributed by atoms with E-state index in [1.165, 1.54) is 12.0 Å². The maximum absolute atomic E-state index is 6.00. The molecule has 0 saturated heterocycles. The van der Waals surface area contributed by atoms with Crippen LogP contribution in [0.2, 0.25) is 0 Å². The molecule has 2 unspecified atom stereocenters. The number of nitrogens with two attached hydrogens (primary N) is 1. The van der Waals surface area contributed by atoms with Crippen molar-refractivity contribution in [2.24, 2.45) is 11.7 Å². The summed E-state index contributed by atoms with van der Waals surface area (Å²) in [6.45, 7) is 8.57. The lowest BCUT2D eigenvalue weighted by Gasteiger charge is -2.17. The minimum atomic E-state index is -0.241. The fourth-order valence-corrected chi connectivity index (χ4v) is 2.35. The Bertz CT molecular complexity index is 411. The third-order valence-corrected chi connectivity index (χ3v) is 3.59. The molecule has 0 aliphatic heterocycles. The maximum atomic E-state index is 6.00. The minimum absolute atomic E-state index is 0.241. The van der Waals surface area contributed by atoms with Crippen molar-refractivity contribution >= 4 is 12.6 Å². The van der Waals surface area contributed by atoms with Gasteiger partial charge in [-0.2, -0.15) is 12.6 Å². The van der Waals surface area contributed by atoms with Crippen molar-refractivity contribution in [2.75, 3.05) is 0 Å². The van der Waals surface area contributed by atoms with Gasteiger partial charge in [0.25, 0.3) is 0 Å². The molecule has 0 radical (unpaired) electrons. The predicted molar refractivity (Wildman–Crippen MR) is 84.7 cm³/mol. The van der Waals surface area contributed by atoms with Gasteiger partial charge in [0.1, 0.15) is 0 Å². The summed E-state index contributed by atoms with van der Waals surface area (Å²) in [4.78, 5) is 0. The number of allylic oxidation sites excluding steroid dienone is 4. The highest BCUT2D eigenvalue weighted by atomic mass is 32.1. The molecule has 1 aliphatic rings. The third kappa shape index (κ3) is 4.41. The Hall–Kier alpha value is -0.890. The number of rotatable bonds is 4. The van der Waals surface area contributed by atoms with Crippen LogP contribution in [0.1, 0.15) is 40.5 Å². The molecular formula is C16H25NS. The van der Waals surface area contributed by atoms with Crippen LogP contribution in [-0.4, -0.2) is 4.75 Å². The lowest BCUT2D eigenvalue weighted by atomic mass is 9.96. The first-order chi connectivity index (χ1) is 8.38. The first kappa shape index (κ1) is 15.2. The van der Waals surface area contributed by atoms with Gasteiger partial charge in [-0.3, -0.25) is 0 Å². The highest BCUT2D eigenvalue weighted by molar-refractivity contribution is 7.82. The normalized spacial score (nSPS) is 26.4. The molecule has 0 heterocycles. The smallest absolute Gasteiger partial charge is 0.0475 e. The Morgan fingerprint density at radius 3 is 2.67 bits per heavy atom. The van der Waals surface area contributed by atoms with Crippen LogP contribution in [-0.2, 0) is 0 Å². The van der Waals surface area contributed by atoms with Gasteiger partial charge in [0.05, 0.1) is 0 Å². The molecule has 0 spiro atoms. The van der Waals surface area contributed by atoms with Gasteiger partial charge >= 0.3 is 0 Å². The number of hydrogen-bond donors (Lipinski definition) is 2. The van der Waals surface area contributed by atoms with Crippen molar-refractivity contribution in [3.8, 4) is 0 Å². The van der Waals surface area contributed by atoms with E-state index < -0.39 is 0 Å². The van der Waals surface area contributed by atoms with Gasteiger partial charge in [-0.1, -0.05) is 56.2 Å². The summed E-state index contributed by atoms with van der Waals surface area (Å²) in [6.07, 6.45) is 12.9. The summed E-state index contributed by atoms with van der Waals surface area (Å²) in [5.74, 6) is 0.700. The summed E-state index contributed by atoms with van der Waals surface area (Å²) < 4.78 is -0.241. The fourth-order valence-electron chi connectivity index (χ4n) is 2.04. The summed E-state index contributed by atoms with van der Waals surface area (Å²) >= 11 is 4.71. The van der Waals surface area contributed by atoms with Gasteiger partial charge in [-0.25, -0.2) is 0 Å². The molecule has 1 rings (SSSR count). The second kappa shape index (κ2) is 6.33. The zero-order valence-electron chi connectivity index (χ0n) is 11.9. The molecule has 0 saturated carbocycles. The van der Waals surface area contributed by atoms with E-state index in [1.54, 1.807) is 0 Å². The second-order valence-corrected chi connectivity index (χ2v) is 6.30. The lowest BCUT2D eigenvalue weighted by molar-refractivity contribution is 0.561. The first-order valence-corrected chi connectivity index (χ1v) is 7.10. The molecule has 1 nitrogen and oxygen atoms in total. The molecule has 18 heavy (non-hydrogen) atoms. The lowest BCUT2D eigenvalue weighted by Crippen LogP contribution is -2.11. The monoisotopic (exact) mass is 263 g/mol. The molecule has 0 bridgehead atoms. The zero-order valence-corrected chi connectivity index (χ0v) is 12.8. The van der Waals surface area contributed by atoms with Crippen molar-refractivity contribution in [3.63, 3.8) is 0 Å². The predicted octanol–water partition coefficient (Wildman–Crippen LogP) is 4.40. The zero-order chi connectivity index (χ0) is 13.8. The van der Waals surface area contributed by atoms with Crippen molar-refractivity contribution in [2.45, 2.75) is 45.3 Å². The third-order valence-electron chi connectivity index (χ3n) is 3.33. The molecule has 0 aromatic carbocycles. The van der Waals surface area contributed by atoms with Gasteiger partial charge in [0.2, 0.25) is 0 Å². The number of thiol groups is 1. The van der Waals surface area contributed by atoms with E-state index in [2.05, 4.69) is 45.1 Å². The summed E-state index contributed by atoms with van der Waals surface area (Å²) in [5.41, 5.74) is 9.21. The van der Waals surface area contributed by atoms with E-state index in [0.717, 1.165) is 17.7 Å². The van der Waals surface area contributed by atoms with Crippen LogP contribution >= 0.6 is 12.6 Å². The van der Waals surface area contributed by atoms with Gasteiger partial charge in [0, 0.05) is 10.4 Å². The van der Waals surface area contributed by atoms with Gasteiger partial charge in [-0.05, 0) is 31.8 Å². The Morgan fingerprint density at radius 1 is 1.44 bits per heavy atom. The second-order valence-electron chi connectivity index (χ2n) is 5.34. The van der Waals surface area contributed by atoms with Crippen LogP contribution in [0, 0.1) is 5.92 Å². The summed E-state index contributed by atoms with van der Waals surface area (Å²) in [6, 6.07) is 0. The van der Waals surface area contributed by atoms with Crippen molar-refractivity contribution < 1.29 is 0 Å². The van der Waals surface area contributed by atoms with Crippen LogP contribution in [0.15, 0.2) is 47.2 Å². The molecule has 0 aromatic heterocycles.